The SMILES string of the molecule is COc1ccc(S(=O)c2ccncc2)cc1. The fourth-order valence-corrected chi connectivity index (χ4v) is 2.32. The molecule has 0 N–H and O–H groups in total. The topological polar surface area (TPSA) is 39.2 Å². The third-order valence-electron chi connectivity index (χ3n) is 2.14. The van der Waals surface area contributed by atoms with E-state index in [1.54, 1.807) is 55.9 Å². The van der Waals surface area contributed by atoms with Crippen LogP contribution in [0.3, 0.4) is 0 Å². The molecule has 0 saturated heterocycles. The number of benzene rings is 1. The van der Waals surface area contributed by atoms with Crippen LogP contribution in [-0.2, 0) is 10.8 Å². The summed E-state index contributed by atoms with van der Waals surface area (Å²) in [6.07, 6.45) is 3.27. The van der Waals surface area contributed by atoms with Gasteiger partial charge in [-0.15, -0.1) is 0 Å². The zero-order chi connectivity index (χ0) is 11.4. The summed E-state index contributed by atoms with van der Waals surface area (Å²) in [5.74, 6) is 0.760. The van der Waals surface area contributed by atoms with Crippen LogP contribution in [0.15, 0.2) is 58.6 Å². The number of hydrogen-bond acceptors (Lipinski definition) is 3. The van der Waals surface area contributed by atoms with E-state index in [4.69, 9.17) is 4.74 Å². The first kappa shape index (κ1) is 10.8. The second-order valence-corrected chi connectivity index (χ2v) is 4.61. The van der Waals surface area contributed by atoms with Gasteiger partial charge in [-0.3, -0.25) is 4.98 Å². The molecule has 0 aliphatic heterocycles. The van der Waals surface area contributed by atoms with Crippen LogP contribution < -0.4 is 4.74 Å². The van der Waals surface area contributed by atoms with Gasteiger partial charge in [-0.05, 0) is 36.4 Å². The van der Waals surface area contributed by atoms with Gasteiger partial charge in [0, 0.05) is 22.2 Å². The van der Waals surface area contributed by atoms with Crippen molar-refractivity contribution < 1.29 is 8.95 Å². The summed E-state index contributed by atoms with van der Waals surface area (Å²) in [6.45, 7) is 0. The molecule has 0 bridgehead atoms. The van der Waals surface area contributed by atoms with Crippen LogP contribution in [0.25, 0.3) is 0 Å². The first-order chi connectivity index (χ1) is 7.81. The van der Waals surface area contributed by atoms with Crippen LogP contribution in [0.5, 0.6) is 5.75 Å². The molecule has 1 atom stereocenters. The minimum Gasteiger partial charge on any atom is -0.497 e. The summed E-state index contributed by atoms with van der Waals surface area (Å²) in [6, 6.07) is 10.7. The largest absolute Gasteiger partial charge is 0.497 e. The maximum atomic E-state index is 12.1. The number of hydrogen-bond donors (Lipinski definition) is 0. The molecule has 0 aliphatic rings. The lowest BCUT2D eigenvalue weighted by atomic mass is 10.3. The number of rotatable bonds is 3. The Kier molecular flexibility index (Phi) is 3.31. The average molecular weight is 233 g/mol. The lowest BCUT2D eigenvalue weighted by Crippen LogP contribution is -1.93. The molecular formula is C12H11NO2S. The molecule has 16 heavy (non-hydrogen) atoms. The molecule has 4 heteroatoms. The third kappa shape index (κ3) is 2.28. The van der Waals surface area contributed by atoms with Crippen molar-refractivity contribution in [2.45, 2.75) is 9.79 Å². The van der Waals surface area contributed by atoms with Crippen LogP contribution in [0.4, 0.5) is 0 Å². The molecule has 0 spiro atoms. The van der Waals surface area contributed by atoms with E-state index in [9.17, 15) is 4.21 Å². The molecule has 0 fully saturated rings. The highest BCUT2D eigenvalue weighted by Crippen LogP contribution is 2.18. The zero-order valence-electron chi connectivity index (χ0n) is 8.79. The van der Waals surface area contributed by atoms with Crippen LogP contribution in [0.1, 0.15) is 0 Å². The van der Waals surface area contributed by atoms with Gasteiger partial charge in [0.1, 0.15) is 5.75 Å². The highest BCUT2D eigenvalue weighted by molar-refractivity contribution is 7.85. The minimum absolute atomic E-state index is 0.750. The van der Waals surface area contributed by atoms with Gasteiger partial charge in [0.15, 0.2) is 0 Å². The Morgan fingerprint density at radius 3 is 2.12 bits per heavy atom. The maximum absolute atomic E-state index is 12.1. The number of pyridine rings is 1. The van der Waals surface area contributed by atoms with Crippen molar-refractivity contribution >= 4 is 10.8 Å². The molecule has 0 radical (unpaired) electrons. The van der Waals surface area contributed by atoms with Gasteiger partial charge in [0.25, 0.3) is 0 Å². The van der Waals surface area contributed by atoms with Crippen molar-refractivity contribution in [1.29, 1.82) is 0 Å². The number of methoxy groups -OCH3 is 1. The summed E-state index contributed by atoms with van der Waals surface area (Å²) >= 11 is 0. The van der Waals surface area contributed by atoms with Crippen LogP contribution in [0, 0.1) is 0 Å². The average Bonchev–Trinajstić information content (AvgIpc) is 2.39. The molecule has 0 saturated carbocycles. The predicted octanol–water partition coefficient (Wildman–Crippen LogP) is 2.26. The van der Waals surface area contributed by atoms with Gasteiger partial charge in [-0.2, -0.15) is 0 Å². The molecule has 2 rings (SSSR count). The van der Waals surface area contributed by atoms with Crippen LogP contribution >= 0.6 is 0 Å². The quantitative estimate of drug-likeness (QED) is 0.816. The molecule has 1 aromatic carbocycles. The van der Waals surface area contributed by atoms with Crippen molar-refractivity contribution in [2.24, 2.45) is 0 Å². The second-order valence-electron chi connectivity index (χ2n) is 3.13. The fraction of sp³-hybridized carbons (Fsp3) is 0.0833. The highest BCUT2D eigenvalue weighted by Gasteiger charge is 2.06. The van der Waals surface area contributed by atoms with E-state index in [1.165, 1.54) is 0 Å². The summed E-state index contributed by atoms with van der Waals surface area (Å²) in [7, 11) is 0.453. The standard InChI is InChI=1S/C12H11NO2S/c1-15-10-2-4-11(5-3-10)16(14)12-6-8-13-9-7-12/h2-9H,1H3. The van der Waals surface area contributed by atoms with E-state index in [1.807, 2.05) is 0 Å². The number of ether oxygens (including phenoxy) is 1. The van der Waals surface area contributed by atoms with E-state index in [-0.39, 0.29) is 0 Å². The van der Waals surface area contributed by atoms with Gasteiger partial charge >= 0.3 is 0 Å². The smallest absolute Gasteiger partial charge is 0.118 e. The Morgan fingerprint density at radius 2 is 1.56 bits per heavy atom. The number of nitrogens with zero attached hydrogens (tertiary/aromatic N) is 1. The highest BCUT2D eigenvalue weighted by atomic mass is 32.2. The summed E-state index contributed by atoms with van der Waals surface area (Å²) in [4.78, 5) is 5.40. The second kappa shape index (κ2) is 4.90. The molecule has 3 nitrogen and oxygen atoms in total. The Bertz CT molecular complexity index is 482. The maximum Gasteiger partial charge on any atom is 0.118 e. The lowest BCUT2D eigenvalue weighted by molar-refractivity contribution is 0.414. The lowest BCUT2D eigenvalue weighted by Gasteiger charge is -2.03. The van der Waals surface area contributed by atoms with Crippen molar-refractivity contribution in [3.8, 4) is 5.75 Å². The number of aromatic nitrogens is 1. The normalized spacial score (nSPS) is 12.1. The third-order valence-corrected chi connectivity index (χ3v) is 3.54. The monoisotopic (exact) mass is 233 g/mol. The van der Waals surface area contributed by atoms with Gasteiger partial charge in [0.2, 0.25) is 0 Å². The Labute approximate surface area is 96.6 Å². The molecule has 0 amide bonds. The van der Waals surface area contributed by atoms with E-state index in [0.717, 1.165) is 15.5 Å². The first-order valence-corrected chi connectivity index (χ1v) is 5.92. The van der Waals surface area contributed by atoms with E-state index in [2.05, 4.69) is 4.98 Å². The molecule has 82 valence electrons. The van der Waals surface area contributed by atoms with Crippen molar-refractivity contribution in [1.82, 2.24) is 4.98 Å². The molecule has 1 heterocycles. The molecular weight excluding hydrogens is 222 g/mol. The summed E-state index contributed by atoms with van der Waals surface area (Å²) in [5, 5.41) is 0. The van der Waals surface area contributed by atoms with E-state index < -0.39 is 10.8 Å². The Balaban J connectivity index is 2.28. The molecule has 2 aromatic rings. The van der Waals surface area contributed by atoms with Gasteiger partial charge in [-0.25, -0.2) is 4.21 Å². The van der Waals surface area contributed by atoms with Crippen molar-refractivity contribution in [3.05, 3.63) is 48.8 Å². The van der Waals surface area contributed by atoms with Gasteiger partial charge in [-0.1, -0.05) is 0 Å². The van der Waals surface area contributed by atoms with Crippen molar-refractivity contribution in [3.63, 3.8) is 0 Å². The predicted molar refractivity (Wildman–Crippen MR) is 61.9 cm³/mol. The summed E-state index contributed by atoms with van der Waals surface area (Å²) in [5.41, 5.74) is 0. The Hall–Kier alpha value is -1.68. The first-order valence-electron chi connectivity index (χ1n) is 4.77. The van der Waals surface area contributed by atoms with E-state index >= 15 is 0 Å². The molecule has 1 aromatic heterocycles. The Morgan fingerprint density at radius 1 is 1.00 bits per heavy atom. The van der Waals surface area contributed by atoms with Gasteiger partial charge < -0.3 is 4.74 Å². The van der Waals surface area contributed by atoms with Crippen LogP contribution in [-0.4, -0.2) is 16.3 Å². The zero-order valence-corrected chi connectivity index (χ0v) is 9.61. The molecule has 0 aliphatic carbocycles. The van der Waals surface area contributed by atoms with Gasteiger partial charge in [0.05, 0.1) is 17.9 Å². The molecule has 1 unspecified atom stereocenters. The van der Waals surface area contributed by atoms with Crippen LogP contribution in [0.2, 0.25) is 0 Å². The van der Waals surface area contributed by atoms with E-state index in [0.29, 0.717) is 0 Å². The fourth-order valence-electron chi connectivity index (χ4n) is 1.30. The van der Waals surface area contributed by atoms with Crippen molar-refractivity contribution in [2.75, 3.05) is 7.11 Å². The summed E-state index contributed by atoms with van der Waals surface area (Å²) < 4.78 is 17.1. The minimum atomic E-state index is -1.15.